The topological polar surface area (TPSA) is 46.5 Å². The second-order valence-corrected chi connectivity index (χ2v) is 3.03. The number of allylic oxidation sites excluding steroid dienone is 1. The normalized spacial score (nSPS) is 10.5. The third kappa shape index (κ3) is 3.85. The zero-order valence-corrected chi connectivity index (χ0v) is 8.64. The van der Waals surface area contributed by atoms with Crippen LogP contribution < -0.4 is 4.74 Å². The molecule has 0 heterocycles. The molecule has 1 aromatic carbocycles. The number of hydrogen-bond acceptors (Lipinski definition) is 2. The van der Waals surface area contributed by atoms with Crippen molar-refractivity contribution in [2.45, 2.75) is 13.3 Å². The maximum Gasteiger partial charge on any atom is 0.341 e. The van der Waals surface area contributed by atoms with Gasteiger partial charge in [0.05, 0.1) is 0 Å². The number of hydrogen-bond donors (Lipinski definition) is 1. The van der Waals surface area contributed by atoms with Crippen molar-refractivity contribution in [3.8, 4) is 5.75 Å². The summed E-state index contributed by atoms with van der Waals surface area (Å²) in [4.78, 5) is 10.4. The highest BCUT2D eigenvalue weighted by molar-refractivity contribution is 5.69. The molecule has 0 spiro atoms. The average molecular weight is 206 g/mol. The van der Waals surface area contributed by atoms with Crippen LogP contribution in [0.4, 0.5) is 0 Å². The van der Waals surface area contributed by atoms with Crippen LogP contribution in [0.15, 0.2) is 30.3 Å². The van der Waals surface area contributed by atoms with Crippen molar-refractivity contribution in [3.05, 3.63) is 35.9 Å². The lowest BCUT2D eigenvalue weighted by Gasteiger charge is -2.06. The van der Waals surface area contributed by atoms with Crippen LogP contribution in [0.25, 0.3) is 6.08 Å². The number of carboxylic acid groups (broad SMARTS) is 1. The first-order chi connectivity index (χ1) is 7.24. The molecule has 1 aromatic rings. The van der Waals surface area contributed by atoms with Crippen LogP contribution in [-0.2, 0) is 4.79 Å². The molecule has 0 aliphatic heterocycles. The molecule has 0 bridgehead atoms. The number of benzene rings is 1. The first-order valence-electron chi connectivity index (χ1n) is 4.84. The number of para-hydroxylation sites is 1. The van der Waals surface area contributed by atoms with Gasteiger partial charge < -0.3 is 9.84 Å². The summed E-state index contributed by atoms with van der Waals surface area (Å²) in [7, 11) is 0. The van der Waals surface area contributed by atoms with Crippen molar-refractivity contribution in [1.82, 2.24) is 0 Å². The zero-order chi connectivity index (χ0) is 11.1. The Bertz CT molecular complexity index is 356. The van der Waals surface area contributed by atoms with Gasteiger partial charge in [-0.3, -0.25) is 0 Å². The molecule has 3 nitrogen and oxygen atoms in total. The maximum atomic E-state index is 10.4. The number of ether oxygens (including phenoxy) is 1. The highest BCUT2D eigenvalue weighted by Gasteiger charge is 2.02. The smallest absolute Gasteiger partial charge is 0.341 e. The Kier molecular flexibility index (Phi) is 4.41. The minimum Gasteiger partial charge on any atom is -0.481 e. The van der Waals surface area contributed by atoms with Gasteiger partial charge in [0.2, 0.25) is 0 Å². The first kappa shape index (κ1) is 11.3. The molecule has 15 heavy (non-hydrogen) atoms. The van der Waals surface area contributed by atoms with E-state index in [-0.39, 0.29) is 6.61 Å². The van der Waals surface area contributed by atoms with Gasteiger partial charge in [-0.1, -0.05) is 37.3 Å². The molecule has 80 valence electrons. The van der Waals surface area contributed by atoms with Crippen LogP contribution in [0.1, 0.15) is 18.9 Å². The van der Waals surface area contributed by atoms with Crippen molar-refractivity contribution in [1.29, 1.82) is 0 Å². The molecule has 0 aliphatic rings. The summed E-state index contributed by atoms with van der Waals surface area (Å²) < 4.78 is 5.14. The summed E-state index contributed by atoms with van der Waals surface area (Å²) in [5, 5.41) is 8.50. The second-order valence-electron chi connectivity index (χ2n) is 3.03. The Balaban J connectivity index is 2.76. The molecule has 0 aromatic heterocycles. The van der Waals surface area contributed by atoms with Crippen LogP contribution >= 0.6 is 0 Å². The number of rotatable bonds is 5. The minimum absolute atomic E-state index is 0.309. The Labute approximate surface area is 89.0 Å². The van der Waals surface area contributed by atoms with Gasteiger partial charge in [0, 0.05) is 5.56 Å². The minimum atomic E-state index is -0.968. The van der Waals surface area contributed by atoms with E-state index < -0.39 is 5.97 Å². The van der Waals surface area contributed by atoms with Gasteiger partial charge in [0.1, 0.15) is 5.75 Å². The Morgan fingerprint density at radius 2 is 2.20 bits per heavy atom. The molecule has 1 N–H and O–H groups in total. The molecule has 0 saturated heterocycles. The molecular weight excluding hydrogens is 192 g/mol. The summed E-state index contributed by atoms with van der Waals surface area (Å²) >= 11 is 0. The summed E-state index contributed by atoms with van der Waals surface area (Å²) in [6, 6.07) is 7.37. The standard InChI is InChI=1S/C12H14O3/c1-2-3-6-10-7-4-5-8-11(10)15-9-12(13)14/h3-8H,2,9H2,1H3,(H,13,14). The molecule has 1 rings (SSSR count). The van der Waals surface area contributed by atoms with E-state index >= 15 is 0 Å². The van der Waals surface area contributed by atoms with Gasteiger partial charge in [-0.25, -0.2) is 4.79 Å². The summed E-state index contributed by atoms with van der Waals surface area (Å²) in [6.45, 7) is 1.73. The van der Waals surface area contributed by atoms with E-state index in [1.165, 1.54) is 0 Å². The molecule has 0 atom stereocenters. The molecular formula is C12H14O3. The predicted octanol–water partition coefficient (Wildman–Crippen LogP) is 2.57. The second kappa shape index (κ2) is 5.86. The van der Waals surface area contributed by atoms with Crippen LogP contribution in [0.3, 0.4) is 0 Å². The van der Waals surface area contributed by atoms with Gasteiger partial charge >= 0.3 is 5.97 Å². The highest BCUT2D eigenvalue weighted by Crippen LogP contribution is 2.19. The third-order valence-electron chi connectivity index (χ3n) is 1.80. The number of carbonyl (C=O) groups is 1. The van der Waals surface area contributed by atoms with Crippen molar-refractivity contribution >= 4 is 12.0 Å². The number of aliphatic carboxylic acids is 1. The van der Waals surface area contributed by atoms with E-state index in [4.69, 9.17) is 9.84 Å². The molecule has 0 saturated carbocycles. The lowest BCUT2D eigenvalue weighted by atomic mass is 10.2. The average Bonchev–Trinajstić information content (AvgIpc) is 2.24. The van der Waals surface area contributed by atoms with Crippen LogP contribution in [0.2, 0.25) is 0 Å². The van der Waals surface area contributed by atoms with Crippen LogP contribution in [0.5, 0.6) is 5.75 Å². The largest absolute Gasteiger partial charge is 0.481 e. The Morgan fingerprint density at radius 1 is 1.47 bits per heavy atom. The van der Waals surface area contributed by atoms with Gasteiger partial charge in [-0.05, 0) is 12.5 Å². The van der Waals surface area contributed by atoms with Gasteiger partial charge in [-0.2, -0.15) is 0 Å². The van der Waals surface area contributed by atoms with E-state index in [9.17, 15) is 4.79 Å². The van der Waals surface area contributed by atoms with E-state index in [1.54, 1.807) is 6.07 Å². The summed E-state index contributed by atoms with van der Waals surface area (Å²) in [6.07, 6.45) is 4.87. The van der Waals surface area contributed by atoms with Crippen molar-refractivity contribution < 1.29 is 14.6 Å². The quantitative estimate of drug-likeness (QED) is 0.805. The fourth-order valence-corrected chi connectivity index (χ4v) is 1.13. The molecule has 0 unspecified atom stereocenters. The molecule has 3 heteroatoms. The fourth-order valence-electron chi connectivity index (χ4n) is 1.13. The van der Waals surface area contributed by atoms with E-state index in [0.29, 0.717) is 5.75 Å². The fraction of sp³-hybridized carbons (Fsp3) is 0.250. The van der Waals surface area contributed by atoms with E-state index in [2.05, 4.69) is 0 Å². The van der Waals surface area contributed by atoms with Crippen molar-refractivity contribution in [2.24, 2.45) is 0 Å². The monoisotopic (exact) mass is 206 g/mol. The molecule has 0 amide bonds. The van der Waals surface area contributed by atoms with Gasteiger partial charge in [-0.15, -0.1) is 0 Å². The van der Waals surface area contributed by atoms with Crippen molar-refractivity contribution in [3.63, 3.8) is 0 Å². The third-order valence-corrected chi connectivity index (χ3v) is 1.80. The van der Waals surface area contributed by atoms with E-state index in [0.717, 1.165) is 12.0 Å². The summed E-state index contributed by atoms with van der Waals surface area (Å²) in [5.41, 5.74) is 0.903. The molecule has 0 fully saturated rings. The highest BCUT2D eigenvalue weighted by atomic mass is 16.5. The zero-order valence-electron chi connectivity index (χ0n) is 8.64. The summed E-state index contributed by atoms with van der Waals surface area (Å²) in [5.74, 6) is -0.367. The van der Waals surface area contributed by atoms with Crippen LogP contribution in [0, 0.1) is 0 Å². The van der Waals surface area contributed by atoms with Gasteiger partial charge in [0.25, 0.3) is 0 Å². The molecule has 0 aliphatic carbocycles. The lowest BCUT2D eigenvalue weighted by molar-refractivity contribution is -0.139. The number of carboxylic acids is 1. The van der Waals surface area contributed by atoms with Gasteiger partial charge in [0.15, 0.2) is 6.61 Å². The predicted molar refractivity (Wildman–Crippen MR) is 58.9 cm³/mol. The van der Waals surface area contributed by atoms with Crippen molar-refractivity contribution in [2.75, 3.05) is 6.61 Å². The Morgan fingerprint density at radius 3 is 2.87 bits per heavy atom. The lowest BCUT2D eigenvalue weighted by Crippen LogP contribution is -2.09. The van der Waals surface area contributed by atoms with E-state index in [1.807, 2.05) is 37.3 Å². The SMILES string of the molecule is CCC=Cc1ccccc1OCC(=O)O. The molecule has 0 radical (unpaired) electrons. The Hall–Kier alpha value is -1.77. The first-order valence-corrected chi connectivity index (χ1v) is 4.84. The maximum absolute atomic E-state index is 10.4. The van der Waals surface area contributed by atoms with Crippen LogP contribution in [-0.4, -0.2) is 17.7 Å².